The van der Waals surface area contributed by atoms with Gasteiger partial charge in [0, 0.05) is 22.3 Å². The fourth-order valence-corrected chi connectivity index (χ4v) is 2.75. The van der Waals surface area contributed by atoms with Crippen molar-refractivity contribution in [1.82, 2.24) is 4.98 Å². The molecule has 0 amide bonds. The van der Waals surface area contributed by atoms with Crippen LogP contribution >= 0.6 is 10.7 Å². The average molecular weight is 308 g/mol. The average Bonchev–Trinajstić information content (AvgIpc) is 2.80. The van der Waals surface area contributed by atoms with Crippen molar-refractivity contribution < 1.29 is 12.8 Å². The summed E-state index contributed by atoms with van der Waals surface area (Å²) in [6.45, 7) is 1.96. The van der Waals surface area contributed by atoms with Gasteiger partial charge in [-0.3, -0.25) is 0 Å². The summed E-state index contributed by atoms with van der Waals surface area (Å²) in [5.41, 5.74) is 2.89. The Morgan fingerprint density at radius 3 is 2.60 bits per heavy atom. The van der Waals surface area contributed by atoms with Gasteiger partial charge in [0.1, 0.15) is 5.52 Å². The van der Waals surface area contributed by atoms with Crippen molar-refractivity contribution in [2.24, 2.45) is 0 Å². The molecule has 0 saturated heterocycles. The molecule has 0 spiro atoms. The number of benzene rings is 2. The standard InChI is InChI=1S/C14H10ClNO3S/c1-9-4-2-3-5-11(9)14-16-12-7-6-10(20(15,17)18)8-13(12)19-14/h2-8H,1H3. The first-order chi connectivity index (χ1) is 9.45. The maximum absolute atomic E-state index is 11.3. The first kappa shape index (κ1) is 13.1. The van der Waals surface area contributed by atoms with Crippen LogP contribution in [0.5, 0.6) is 0 Å². The van der Waals surface area contributed by atoms with Crippen molar-refractivity contribution in [3.8, 4) is 11.5 Å². The monoisotopic (exact) mass is 307 g/mol. The molecular weight excluding hydrogens is 298 g/mol. The molecule has 6 heteroatoms. The number of halogens is 1. The second-order valence-corrected chi connectivity index (χ2v) is 6.97. The van der Waals surface area contributed by atoms with Crippen molar-refractivity contribution in [2.75, 3.05) is 0 Å². The Hall–Kier alpha value is -1.85. The SMILES string of the molecule is Cc1ccccc1-c1nc2ccc(S(=O)(=O)Cl)cc2o1. The zero-order chi connectivity index (χ0) is 14.3. The molecule has 0 fully saturated rings. The number of aromatic nitrogens is 1. The van der Waals surface area contributed by atoms with Crippen molar-refractivity contribution in [1.29, 1.82) is 0 Å². The minimum Gasteiger partial charge on any atom is -0.436 e. The smallest absolute Gasteiger partial charge is 0.261 e. The van der Waals surface area contributed by atoms with E-state index in [1.807, 2.05) is 31.2 Å². The molecule has 2 aromatic carbocycles. The molecule has 1 heterocycles. The van der Waals surface area contributed by atoms with Gasteiger partial charge in [-0.05, 0) is 30.7 Å². The third-order valence-corrected chi connectivity index (χ3v) is 4.37. The van der Waals surface area contributed by atoms with Gasteiger partial charge in [0.15, 0.2) is 5.58 Å². The molecule has 0 saturated carbocycles. The molecule has 0 bridgehead atoms. The molecule has 0 unspecified atom stereocenters. The van der Waals surface area contributed by atoms with E-state index >= 15 is 0 Å². The highest BCUT2D eigenvalue weighted by molar-refractivity contribution is 8.13. The van der Waals surface area contributed by atoms with Gasteiger partial charge in [-0.2, -0.15) is 0 Å². The highest BCUT2D eigenvalue weighted by Gasteiger charge is 2.15. The van der Waals surface area contributed by atoms with Crippen LogP contribution in [-0.4, -0.2) is 13.4 Å². The number of fused-ring (bicyclic) bond motifs is 1. The molecule has 3 aromatic rings. The summed E-state index contributed by atoms with van der Waals surface area (Å²) in [4.78, 5) is 4.36. The van der Waals surface area contributed by atoms with Crippen LogP contribution in [0.3, 0.4) is 0 Å². The highest BCUT2D eigenvalue weighted by atomic mass is 35.7. The zero-order valence-corrected chi connectivity index (χ0v) is 12.1. The number of oxazole rings is 1. The lowest BCUT2D eigenvalue weighted by atomic mass is 10.1. The molecule has 0 radical (unpaired) electrons. The Kier molecular flexibility index (Phi) is 3.03. The van der Waals surface area contributed by atoms with Crippen LogP contribution in [0.15, 0.2) is 51.8 Å². The topological polar surface area (TPSA) is 60.2 Å². The van der Waals surface area contributed by atoms with Crippen LogP contribution < -0.4 is 0 Å². The summed E-state index contributed by atoms with van der Waals surface area (Å²) in [6.07, 6.45) is 0. The quantitative estimate of drug-likeness (QED) is 0.677. The number of nitrogens with zero attached hydrogens (tertiary/aromatic N) is 1. The van der Waals surface area contributed by atoms with Crippen LogP contribution in [0.25, 0.3) is 22.6 Å². The van der Waals surface area contributed by atoms with E-state index in [4.69, 9.17) is 15.1 Å². The Balaban J connectivity index is 2.19. The van der Waals surface area contributed by atoms with Crippen LogP contribution in [-0.2, 0) is 9.05 Å². The Labute approximate surface area is 120 Å². The summed E-state index contributed by atoms with van der Waals surface area (Å²) in [6, 6.07) is 12.1. The lowest BCUT2D eigenvalue weighted by Gasteiger charge is -1.98. The van der Waals surface area contributed by atoms with Crippen LogP contribution in [0.2, 0.25) is 0 Å². The number of aryl methyl sites for hydroxylation is 1. The van der Waals surface area contributed by atoms with E-state index in [0.717, 1.165) is 11.1 Å². The van der Waals surface area contributed by atoms with E-state index in [0.29, 0.717) is 17.0 Å². The van der Waals surface area contributed by atoms with Gasteiger partial charge >= 0.3 is 0 Å². The maximum atomic E-state index is 11.3. The Morgan fingerprint density at radius 2 is 1.90 bits per heavy atom. The Bertz CT molecular complexity index is 900. The second kappa shape index (κ2) is 4.61. The number of hydrogen-bond acceptors (Lipinski definition) is 4. The van der Waals surface area contributed by atoms with Crippen molar-refractivity contribution >= 4 is 30.8 Å². The van der Waals surface area contributed by atoms with Crippen LogP contribution in [0.1, 0.15) is 5.56 Å². The fraction of sp³-hybridized carbons (Fsp3) is 0.0714. The van der Waals surface area contributed by atoms with Gasteiger partial charge in [0.05, 0.1) is 4.90 Å². The van der Waals surface area contributed by atoms with Gasteiger partial charge in [-0.15, -0.1) is 0 Å². The lowest BCUT2D eigenvalue weighted by Crippen LogP contribution is -1.88. The fourth-order valence-electron chi connectivity index (χ4n) is 1.98. The van der Waals surface area contributed by atoms with E-state index in [1.165, 1.54) is 12.1 Å². The summed E-state index contributed by atoms with van der Waals surface area (Å²) in [5.74, 6) is 0.460. The number of rotatable bonds is 2. The van der Waals surface area contributed by atoms with E-state index in [-0.39, 0.29) is 4.90 Å². The largest absolute Gasteiger partial charge is 0.436 e. The molecule has 0 atom stereocenters. The molecule has 20 heavy (non-hydrogen) atoms. The first-order valence-corrected chi connectivity index (χ1v) is 8.17. The normalized spacial score (nSPS) is 11.9. The molecule has 0 aliphatic carbocycles. The van der Waals surface area contributed by atoms with Crippen LogP contribution in [0, 0.1) is 6.92 Å². The molecule has 102 valence electrons. The van der Waals surface area contributed by atoms with Gasteiger partial charge in [0.25, 0.3) is 9.05 Å². The predicted molar refractivity (Wildman–Crippen MR) is 77.2 cm³/mol. The molecule has 0 N–H and O–H groups in total. The van der Waals surface area contributed by atoms with Crippen molar-refractivity contribution in [3.63, 3.8) is 0 Å². The van der Waals surface area contributed by atoms with E-state index < -0.39 is 9.05 Å². The lowest BCUT2D eigenvalue weighted by molar-refractivity contribution is 0.606. The molecule has 4 nitrogen and oxygen atoms in total. The predicted octanol–water partition coefficient (Wildman–Crippen LogP) is 3.73. The second-order valence-electron chi connectivity index (χ2n) is 4.40. The molecule has 3 rings (SSSR count). The van der Waals surface area contributed by atoms with E-state index in [9.17, 15) is 8.42 Å². The summed E-state index contributed by atoms with van der Waals surface area (Å²) in [5, 5.41) is 0. The van der Waals surface area contributed by atoms with Gasteiger partial charge < -0.3 is 4.42 Å². The summed E-state index contributed by atoms with van der Waals surface area (Å²) < 4.78 is 28.3. The van der Waals surface area contributed by atoms with Crippen molar-refractivity contribution in [3.05, 3.63) is 48.0 Å². The minimum atomic E-state index is -3.77. The molecule has 0 aliphatic heterocycles. The van der Waals surface area contributed by atoms with E-state index in [1.54, 1.807) is 6.07 Å². The molecule has 1 aromatic heterocycles. The zero-order valence-electron chi connectivity index (χ0n) is 10.5. The van der Waals surface area contributed by atoms with Gasteiger partial charge in [-0.25, -0.2) is 13.4 Å². The minimum absolute atomic E-state index is 0.000787. The summed E-state index contributed by atoms with van der Waals surface area (Å²) in [7, 11) is 1.54. The van der Waals surface area contributed by atoms with Crippen molar-refractivity contribution in [2.45, 2.75) is 11.8 Å². The maximum Gasteiger partial charge on any atom is 0.261 e. The third kappa shape index (κ3) is 2.30. The molecular formula is C14H10ClNO3S. The Morgan fingerprint density at radius 1 is 1.15 bits per heavy atom. The first-order valence-electron chi connectivity index (χ1n) is 5.86. The van der Waals surface area contributed by atoms with E-state index in [2.05, 4.69) is 4.98 Å². The van der Waals surface area contributed by atoms with Crippen LogP contribution in [0.4, 0.5) is 0 Å². The third-order valence-electron chi connectivity index (χ3n) is 3.02. The van der Waals surface area contributed by atoms with Gasteiger partial charge in [-0.1, -0.05) is 18.2 Å². The number of hydrogen-bond donors (Lipinski definition) is 0. The summed E-state index contributed by atoms with van der Waals surface area (Å²) >= 11 is 0. The highest BCUT2D eigenvalue weighted by Crippen LogP contribution is 2.28. The molecule has 0 aliphatic rings. The van der Waals surface area contributed by atoms with Gasteiger partial charge in [0.2, 0.25) is 5.89 Å².